The van der Waals surface area contributed by atoms with Gasteiger partial charge in [-0.1, -0.05) is 13.8 Å². The standard InChI is InChI=1S/2C15H14O4/c2*1-6-4-9(16)10-7(2)5-19-15-8(3)13(17)14(18)11(6)12(10)15/h2*4,7,16H,5H2,1-3H3/t2*7-/m11/s1. The molecule has 0 saturated carbocycles. The lowest BCUT2D eigenvalue weighted by Gasteiger charge is -2.32. The van der Waals surface area contributed by atoms with Crippen LogP contribution in [0.1, 0.15) is 93.6 Å². The van der Waals surface area contributed by atoms with Gasteiger partial charge in [-0.3, -0.25) is 19.2 Å². The highest BCUT2D eigenvalue weighted by Crippen LogP contribution is 2.46. The van der Waals surface area contributed by atoms with Crippen molar-refractivity contribution in [1.29, 1.82) is 0 Å². The highest BCUT2D eigenvalue weighted by molar-refractivity contribution is 6.53. The van der Waals surface area contributed by atoms with Crippen LogP contribution in [0.2, 0.25) is 0 Å². The first-order valence-electron chi connectivity index (χ1n) is 12.5. The number of phenols is 2. The van der Waals surface area contributed by atoms with Crippen molar-refractivity contribution in [2.45, 2.75) is 53.4 Å². The molecule has 0 unspecified atom stereocenters. The Morgan fingerprint density at radius 2 is 0.947 bits per heavy atom. The second-order valence-corrected chi connectivity index (χ2v) is 10.4. The van der Waals surface area contributed by atoms with Gasteiger partial charge in [-0.25, -0.2) is 0 Å². The molecule has 0 radical (unpaired) electrons. The zero-order valence-corrected chi connectivity index (χ0v) is 22.1. The van der Waals surface area contributed by atoms with Gasteiger partial charge in [0.25, 0.3) is 0 Å². The Bertz CT molecular complexity index is 1450. The number of ketones is 4. The van der Waals surface area contributed by atoms with E-state index in [1.807, 2.05) is 13.8 Å². The zero-order valence-electron chi connectivity index (χ0n) is 22.1. The Balaban J connectivity index is 0.000000155. The van der Waals surface area contributed by atoms with E-state index in [2.05, 4.69) is 0 Å². The lowest BCUT2D eigenvalue weighted by molar-refractivity contribution is -0.112. The van der Waals surface area contributed by atoms with E-state index in [0.29, 0.717) is 80.4 Å². The number of Topliss-reactive ketones (excluding diaryl/α,β-unsaturated/α-hetero) is 4. The number of hydrogen-bond donors (Lipinski definition) is 2. The fourth-order valence-corrected chi connectivity index (χ4v) is 5.78. The highest BCUT2D eigenvalue weighted by atomic mass is 16.5. The third-order valence-electron chi connectivity index (χ3n) is 7.71. The normalized spacial score (nSPS) is 21.3. The predicted molar refractivity (Wildman–Crippen MR) is 138 cm³/mol. The summed E-state index contributed by atoms with van der Waals surface area (Å²) < 4.78 is 11.3. The molecule has 2 aliphatic carbocycles. The first-order chi connectivity index (χ1) is 17.9. The molecule has 0 aromatic heterocycles. The minimum Gasteiger partial charge on any atom is -0.508 e. The Morgan fingerprint density at radius 3 is 1.29 bits per heavy atom. The molecule has 2 aromatic rings. The molecule has 8 heteroatoms. The van der Waals surface area contributed by atoms with Crippen LogP contribution in [0, 0.1) is 13.8 Å². The van der Waals surface area contributed by atoms with Gasteiger partial charge in [0, 0.05) is 56.4 Å². The van der Waals surface area contributed by atoms with E-state index >= 15 is 0 Å². The Labute approximate surface area is 219 Å². The number of carbonyl (C=O) groups excluding carboxylic acids is 4. The third-order valence-corrected chi connectivity index (χ3v) is 7.71. The molecule has 2 N–H and O–H groups in total. The minimum atomic E-state index is -0.517. The molecule has 196 valence electrons. The molecule has 2 heterocycles. The molecular weight excluding hydrogens is 488 g/mol. The summed E-state index contributed by atoms with van der Waals surface area (Å²) in [5.41, 5.74) is 5.27. The van der Waals surface area contributed by atoms with Crippen molar-refractivity contribution in [1.82, 2.24) is 0 Å². The molecule has 0 spiro atoms. The summed E-state index contributed by atoms with van der Waals surface area (Å²) in [6.07, 6.45) is 0. The minimum absolute atomic E-state index is 0.00750. The molecule has 4 aliphatic rings. The number of allylic oxidation sites excluding steroid dienone is 2. The van der Waals surface area contributed by atoms with Crippen LogP contribution >= 0.6 is 0 Å². The molecule has 2 atom stereocenters. The molecule has 0 fully saturated rings. The van der Waals surface area contributed by atoms with Crippen LogP contribution in [0.25, 0.3) is 11.5 Å². The van der Waals surface area contributed by atoms with E-state index in [1.165, 1.54) is 0 Å². The van der Waals surface area contributed by atoms with E-state index in [-0.39, 0.29) is 23.3 Å². The lowest BCUT2D eigenvalue weighted by atomic mass is 9.79. The molecule has 0 bridgehead atoms. The van der Waals surface area contributed by atoms with Gasteiger partial charge >= 0.3 is 0 Å². The Morgan fingerprint density at radius 1 is 0.605 bits per heavy atom. The van der Waals surface area contributed by atoms with Gasteiger partial charge in [0.05, 0.1) is 13.2 Å². The van der Waals surface area contributed by atoms with Gasteiger partial charge in [-0.15, -0.1) is 0 Å². The van der Waals surface area contributed by atoms with E-state index in [4.69, 9.17) is 9.47 Å². The lowest BCUT2D eigenvalue weighted by Crippen LogP contribution is -2.29. The molecule has 0 amide bonds. The monoisotopic (exact) mass is 516 g/mol. The maximum Gasteiger partial charge on any atom is 0.234 e. The van der Waals surface area contributed by atoms with Crippen LogP contribution in [0.4, 0.5) is 0 Å². The number of benzene rings is 2. The highest BCUT2D eigenvalue weighted by Gasteiger charge is 2.40. The van der Waals surface area contributed by atoms with Gasteiger partial charge < -0.3 is 19.7 Å². The van der Waals surface area contributed by atoms with Gasteiger partial charge in [-0.2, -0.15) is 0 Å². The van der Waals surface area contributed by atoms with Crippen molar-refractivity contribution in [3.05, 3.63) is 67.8 Å². The number of aryl methyl sites for hydroxylation is 2. The fraction of sp³-hybridized carbons (Fsp3) is 0.333. The largest absolute Gasteiger partial charge is 0.508 e. The summed E-state index contributed by atoms with van der Waals surface area (Å²) in [6, 6.07) is 3.11. The van der Waals surface area contributed by atoms with Crippen LogP contribution in [-0.4, -0.2) is 46.6 Å². The maximum absolute atomic E-state index is 12.2. The van der Waals surface area contributed by atoms with Crippen molar-refractivity contribution >= 4 is 34.7 Å². The average Bonchev–Trinajstić information content (AvgIpc) is 2.85. The Kier molecular flexibility index (Phi) is 5.82. The van der Waals surface area contributed by atoms with Crippen molar-refractivity contribution in [3.63, 3.8) is 0 Å². The molecular formula is C30H28O8. The molecule has 8 nitrogen and oxygen atoms in total. The number of ether oxygens (including phenoxy) is 2. The van der Waals surface area contributed by atoms with Crippen molar-refractivity contribution < 1.29 is 38.9 Å². The first kappa shape index (κ1) is 25.4. The predicted octanol–water partition coefficient (Wildman–Crippen LogP) is 4.66. The smallest absolute Gasteiger partial charge is 0.234 e. The number of phenolic OH excluding ortho intramolecular Hbond substituents is 2. The fourth-order valence-electron chi connectivity index (χ4n) is 5.78. The quantitative estimate of drug-likeness (QED) is 0.484. The summed E-state index contributed by atoms with van der Waals surface area (Å²) in [5, 5.41) is 20.3. The number of rotatable bonds is 0. The van der Waals surface area contributed by atoms with Crippen LogP contribution in [-0.2, 0) is 19.1 Å². The molecule has 38 heavy (non-hydrogen) atoms. The van der Waals surface area contributed by atoms with Gasteiger partial charge in [0.2, 0.25) is 23.1 Å². The Hall–Kier alpha value is -4.20. The van der Waals surface area contributed by atoms with Crippen LogP contribution in [0.5, 0.6) is 11.5 Å². The average molecular weight is 517 g/mol. The summed E-state index contributed by atoms with van der Waals surface area (Å²) in [6.45, 7) is 11.3. The summed E-state index contributed by atoms with van der Waals surface area (Å²) in [4.78, 5) is 48.3. The van der Waals surface area contributed by atoms with E-state index in [1.54, 1.807) is 39.8 Å². The number of carbonyl (C=O) groups is 4. The van der Waals surface area contributed by atoms with Crippen LogP contribution < -0.4 is 0 Å². The number of hydrogen-bond acceptors (Lipinski definition) is 8. The number of aromatic hydroxyl groups is 2. The van der Waals surface area contributed by atoms with Gasteiger partial charge in [0.15, 0.2) is 0 Å². The zero-order chi connectivity index (χ0) is 27.8. The molecule has 2 aromatic carbocycles. The van der Waals surface area contributed by atoms with Crippen LogP contribution in [0.15, 0.2) is 23.3 Å². The molecule has 0 saturated heterocycles. The topological polar surface area (TPSA) is 127 Å². The van der Waals surface area contributed by atoms with Crippen molar-refractivity contribution in [2.75, 3.05) is 13.2 Å². The summed E-state index contributed by atoms with van der Waals surface area (Å²) >= 11 is 0. The third kappa shape index (κ3) is 3.43. The summed E-state index contributed by atoms with van der Waals surface area (Å²) in [5.74, 6) is -0.829. The summed E-state index contributed by atoms with van der Waals surface area (Å²) in [7, 11) is 0. The van der Waals surface area contributed by atoms with Crippen molar-refractivity contribution in [3.8, 4) is 11.5 Å². The van der Waals surface area contributed by atoms with E-state index in [0.717, 1.165) is 0 Å². The SMILES string of the molecule is CC1=C2OC[C@@H](C)c3c(O)cc(C)c(c32)C(=O)C1=O.CC1=C2OC[C@@H](C)c3c(O)cc(C)c(c32)C(=O)C1=O. The second kappa shape index (κ2) is 8.68. The second-order valence-electron chi connectivity index (χ2n) is 10.4. The van der Waals surface area contributed by atoms with Crippen molar-refractivity contribution in [2.24, 2.45) is 0 Å². The van der Waals surface area contributed by atoms with Gasteiger partial charge in [-0.05, 0) is 51.0 Å². The van der Waals surface area contributed by atoms with E-state index in [9.17, 15) is 29.4 Å². The van der Waals surface area contributed by atoms with Crippen LogP contribution in [0.3, 0.4) is 0 Å². The maximum atomic E-state index is 12.2. The molecule has 6 rings (SSSR count). The van der Waals surface area contributed by atoms with E-state index < -0.39 is 23.1 Å². The van der Waals surface area contributed by atoms with Gasteiger partial charge in [0.1, 0.15) is 23.0 Å². The molecule has 2 aliphatic heterocycles. The first-order valence-corrected chi connectivity index (χ1v) is 12.5.